The van der Waals surface area contributed by atoms with E-state index in [1.807, 2.05) is 0 Å². The highest BCUT2D eigenvalue weighted by atomic mass is 16.2. The van der Waals surface area contributed by atoms with Gasteiger partial charge in [-0.15, -0.1) is 0 Å². The van der Waals surface area contributed by atoms with Gasteiger partial charge in [0, 0.05) is 13.1 Å². The summed E-state index contributed by atoms with van der Waals surface area (Å²) >= 11 is 0. The van der Waals surface area contributed by atoms with Crippen LogP contribution in [0.3, 0.4) is 0 Å². The van der Waals surface area contributed by atoms with Gasteiger partial charge in [0.2, 0.25) is 5.91 Å². The molecule has 0 radical (unpaired) electrons. The third-order valence-electron chi connectivity index (χ3n) is 4.63. The van der Waals surface area contributed by atoms with Gasteiger partial charge in [-0.25, -0.2) is 0 Å². The van der Waals surface area contributed by atoms with E-state index in [-0.39, 0.29) is 5.91 Å². The average Bonchev–Trinajstić information content (AvgIpc) is 2.45. The number of nitrogens with zero attached hydrogens (tertiary/aromatic N) is 2. The molecular formula is C15H25N3O. The number of amides is 1. The molecule has 1 saturated carbocycles. The summed E-state index contributed by atoms with van der Waals surface area (Å²) in [6.45, 7) is 2.94. The summed E-state index contributed by atoms with van der Waals surface area (Å²) < 4.78 is 0. The molecule has 1 atom stereocenters. The molecule has 4 heteroatoms. The molecule has 0 bridgehead atoms. The Morgan fingerprint density at radius 3 is 2.74 bits per heavy atom. The number of piperidine rings is 1. The summed E-state index contributed by atoms with van der Waals surface area (Å²) in [6, 6.07) is 2.29. The molecule has 1 amide bonds. The van der Waals surface area contributed by atoms with Crippen LogP contribution in [-0.2, 0) is 4.79 Å². The standard InChI is InChI=1S/C15H25N3O/c1-18-9-5-6-13(11-18)10-17-14(19)15(12-16)7-3-2-4-8-15/h13H,2-11H2,1H3,(H,17,19). The van der Waals surface area contributed by atoms with Gasteiger partial charge >= 0.3 is 0 Å². The number of carbonyl (C=O) groups is 1. The molecule has 0 aromatic carbocycles. The van der Waals surface area contributed by atoms with Crippen molar-refractivity contribution in [2.45, 2.75) is 44.9 Å². The third-order valence-corrected chi connectivity index (χ3v) is 4.63. The van der Waals surface area contributed by atoms with Gasteiger partial charge in [-0.2, -0.15) is 5.26 Å². The summed E-state index contributed by atoms with van der Waals surface area (Å²) in [5.74, 6) is 0.518. The Bertz CT molecular complexity index is 355. The highest BCUT2D eigenvalue weighted by molar-refractivity contribution is 5.85. The Labute approximate surface area is 116 Å². The van der Waals surface area contributed by atoms with Gasteiger partial charge in [-0.1, -0.05) is 19.3 Å². The molecule has 2 fully saturated rings. The minimum Gasteiger partial charge on any atom is -0.354 e. The van der Waals surface area contributed by atoms with Crippen molar-refractivity contribution in [2.24, 2.45) is 11.3 Å². The lowest BCUT2D eigenvalue weighted by Crippen LogP contribution is -2.45. The molecule has 19 heavy (non-hydrogen) atoms. The Morgan fingerprint density at radius 1 is 1.37 bits per heavy atom. The lowest BCUT2D eigenvalue weighted by molar-refractivity contribution is -0.129. The summed E-state index contributed by atoms with van der Waals surface area (Å²) in [5.41, 5.74) is -0.737. The molecule has 0 aromatic rings. The zero-order chi connectivity index (χ0) is 13.7. The van der Waals surface area contributed by atoms with Crippen LogP contribution >= 0.6 is 0 Å². The zero-order valence-electron chi connectivity index (χ0n) is 12.0. The zero-order valence-corrected chi connectivity index (χ0v) is 12.0. The lowest BCUT2D eigenvalue weighted by Gasteiger charge is -2.32. The van der Waals surface area contributed by atoms with Crippen molar-refractivity contribution in [3.63, 3.8) is 0 Å². The van der Waals surface area contributed by atoms with Crippen LogP contribution in [0.4, 0.5) is 0 Å². The van der Waals surface area contributed by atoms with E-state index in [1.165, 1.54) is 12.8 Å². The van der Waals surface area contributed by atoms with E-state index < -0.39 is 5.41 Å². The van der Waals surface area contributed by atoms with Crippen LogP contribution in [0.5, 0.6) is 0 Å². The SMILES string of the molecule is CN1CCCC(CNC(=O)C2(C#N)CCCCC2)C1. The molecule has 2 rings (SSSR count). The van der Waals surface area contributed by atoms with Gasteiger partial charge in [-0.05, 0) is 45.2 Å². The molecule has 106 valence electrons. The number of carbonyl (C=O) groups excluding carboxylic acids is 1. The second kappa shape index (κ2) is 6.38. The maximum absolute atomic E-state index is 12.3. The Kier molecular flexibility index (Phi) is 4.81. The fourth-order valence-electron chi connectivity index (χ4n) is 3.39. The van der Waals surface area contributed by atoms with Crippen molar-refractivity contribution in [2.75, 3.05) is 26.7 Å². The third kappa shape index (κ3) is 3.48. The second-order valence-electron chi connectivity index (χ2n) is 6.24. The Balaban J connectivity index is 1.84. The lowest BCUT2D eigenvalue weighted by atomic mass is 9.74. The quantitative estimate of drug-likeness (QED) is 0.846. The minimum absolute atomic E-state index is 0.0251. The van der Waals surface area contributed by atoms with E-state index in [9.17, 15) is 10.1 Å². The molecule has 1 unspecified atom stereocenters. The smallest absolute Gasteiger partial charge is 0.240 e. The fraction of sp³-hybridized carbons (Fsp3) is 0.867. The molecule has 1 aliphatic heterocycles. The molecule has 4 nitrogen and oxygen atoms in total. The molecule has 1 saturated heterocycles. The molecule has 0 spiro atoms. The van der Waals surface area contributed by atoms with Crippen LogP contribution < -0.4 is 5.32 Å². The van der Waals surface area contributed by atoms with Crippen molar-refractivity contribution in [1.29, 1.82) is 5.26 Å². The van der Waals surface area contributed by atoms with Crippen LogP contribution in [0.1, 0.15) is 44.9 Å². The largest absolute Gasteiger partial charge is 0.354 e. The molecular weight excluding hydrogens is 238 g/mol. The number of nitrogens with one attached hydrogen (secondary N) is 1. The molecule has 2 aliphatic rings. The number of rotatable bonds is 3. The maximum atomic E-state index is 12.3. The number of likely N-dealkylation sites (tertiary alicyclic amines) is 1. The molecule has 1 heterocycles. The second-order valence-corrected chi connectivity index (χ2v) is 6.24. The van der Waals surface area contributed by atoms with Crippen LogP contribution in [0.25, 0.3) is 0 Å². The summed E-state index contributed by atoms with van der Waals surface area (Å²) in [5, 5.41) is 12.4. The fourth-order valence-corrected chi connectivity index (χ4v) is 3.39. The summed E-state index contributed by atoms with van der Waals surface area (Å²) in [4.78, 5) is 14.6. The first-order chi connectivity index (χ1) is 9.16. The molecule has 0 aromatic heterocycles. The first-order valence-corrected chi connectivity index (χ1v) is 7.54. The van der Waals surface area contributed by atoms with Crippen LogP contribution in [0.15, 0.2) is 0 Å². The van der Waals surface area contributed by atoms with E-state index in [1.54, 1.807) is 0 Å². The van der Waals surface area contributed by atoms with Crippen LogP contribution in [0, 0.1) is 22.7 Å². The van der Waals surface area contributed by atoms with Crippen molar-refractivity contribution < 1.29 is 4.79 Å². The van der Waals surface area contributed by atoms with Crippen molar-refractivity contribution in [3.05, 3.63) is 0 Å². The van der Waals surface area contributed by atoms with Gasteiger partial charge in [0.25, 0.3) is 0 Å². The van der Waals surface area contributed by atoms with Gasteiger partial charge < -0.3 is 10.2 Å². The van der Waals surface area contributed by atoms with E-state index in [2.05, 4.69) is 23.3 Å². The average molecular weight is 263 g/mol. The van der Waals surface area contributed by atoms with Gasteiger partial charge in [-0.3, -0.25) is 4.79 Å². The predicted molar refractivity (Wildman–Crippen MR) is 74.4 cm³/mol. The molecule has 1 aliphatic carbocycles. The minimum atomic E-state index is -0.737. The Hall–Kier alpha value is -1.08. The monoisotopic (exact) mass is 263 g/mol. The number of hydrogen-bond donors (Lipinski definition) is 1. The number of nitriles is 1. The topological polar surface area (TPSA) is 56.1 Å². The Morgan fingerprint density at radius 2 is 2.11 bits per heavy atom. The maximum Gasteiger partial charge on any atom is 0.240 e. The van der Waals surface area contributed by atoms with Crippen molar-refractivity contribution in [1.82, 2.24) is 10.2 Å². The summed E-state index contributed by atoms with van der Waals surface area (Å²) in [6.07, 6.45) is 7.04. The predicted octanol–water partition coefficient (Wildman–Crippen LogP) is 1.92. The van der Waals surface area contributed by atoms with Gasteiger partial charge in [0.1, 0.15) is 5.41 Å². The van der Waals surface area contributed by atoms with E-state index >= 15 is 0 Å². The normalized spacial score (nSPS) is 27.5. The highest BCUT2D eigenvalue weighted by Crippen LogP contribution is 2.35. The van der Waals surface area contributed by atoms with Gasteiger partial charge in [0.05, 0.1) is 6.07 Å². The van der Waals surface area contributed by atoms with Gasteiger partial charge in [0.15, 0.2) is 0 Å². The van der Waals surface area contributed by atoms with Crippen molar-refractivity contribution >= 4 is 5.91 Å². The van der Waals surface area contributed by atoms with Crippen molar-refractivity contribution in [3.8, 4) is 6.07 Å². The van der Waals surface area contributed by atoms with E-state index in [0.717, 1.165) is 51.7 Å². The highest BCUT2D eigenvalue weighted by Gasteiger charge is 2.39. The van der Waals surface area contributed by atoms with E-state index in [4.69, 9.17) is 0 Å². The van der Waals surface area contributed by atoms with Crippen LogP contribution in [-0.4, -0.2) is 37.5 Å². The van der Waals surface area contributed by atoms with Crippen LogP contribution in [0.2, 0.25) is 0 Å². The van der Waals surface area contributed by atoms with E-state index in [0.29, 0.717) is 5.92 Å². The molecule has 1 N–H and O–H groups in total. The first-order valence-electron chi connectivity index (χ1n) is 7.54. The first kappa shape index (κ1) is 14.3. The number of hydrogen-bond acceptors (Lipinski definition) is 3. The summed E-state index contributed by atoms with van der Waals surface area (Å²) in [7, 11) is 2.13.